The standard InChI is InChI=1S/C24H24ClN3O4S/c1-31-18-8-5-16(6-9-18)13-20-23(30)28(17-7-10-19(25)21(14-17)32-2)24(26-20)33-15-22(29)27-11-3-4-12-27/h5-10,13-14H,3-4,11-12,15H2,1-2H3/b20-13-. The van der Waals surface area contributed by atoms with Gasteiger partial charge in [0.05, 0.1) is 30.7 Å². The Labute approximate surface area is 202 Å². The van der Waals surface area contributed by atoms with Crippen LogP contribution in [0.5, 0.6) is 11.5 Å². The fourth-order valence-electron chi connectivity index (χ4n) is 3.65. The van der Waals surface area contributed by atoms with Crippen LogP contribution in [0.15, 0.2) is 53.2 Å². The molecule has 2 heterocycles. The number of halogens is 1. The first-order valence-electron chi connectivity index (χ1n) is 10.5. The third-order valence-corrected chi connectivity index (χ3v) is 6.66. The summed E-state index contributed by atoms with van der Waals surface area (Å²) < 4.78 is 10.5. The highest BCUT2D eigenvalue weighted by Gasteiger charge is 2.33. The predicted molar refractivity (Wildman–Crippen MR) is 132 cm³/mol. The van der Waals surface area contributed by atoms with Crippen molar-refractivity contribution in [3.05, 3.63) is 58.7 Å². The second kappa shape index (κ2) is 10.3. The summed E-state index contributed by atoms with van der Waals surface area (Å²) >= 11 is 7.43. The topological polar surface area (TPSA) is 71.4 Å². The van der Waals surface area contributed by atoms with Crippen molar-refractivity contribution in [1.82, 2.24) is 4.90 Å². The number of hydrogen-bond donors (Lipinski definition) is 0. The number of methoxy groups -OCH3 is 2. The maximum Gasteiger partial charge on any atom is 0.283 e. The second-order valence-electron chi connectivity index (χ2n) is 7.53. The number of carbonyl (C=O) groups is 2. The Morgan fingerprint density at radius 3 is 2.52 bits per heavy atom. The first-order valence-corrected chi connectivity index (χ1v) is 11.9. The van der Waals surface area contributed by atoms with Crippen molar-refractivity contribution < 1.29 is 19.1 Å². The van der Waals surface area contributed by atoms with Crippen LogP contribution in [0.2, 0.25) is 5.02 Å². The summed E-state index contributed by atoms with van der Waals surface area (Å²) in [5.74, 6) is 1.15. The van der Waals surface area contributed by atoms with Gasteiger partial charge in [-0.25, -0.2) is 4.99 Å². The van der Waals surface area contributed by atoms with Crippen LogP contribution in [0.4, 0.5) is 5.69 Å². The lowest BCUT2D eigenvalue weighted by atomic mass is 10.2. The van der Waals surface area contributed by atoms with Crippen molar-refractivity contribution in [1.29, 1.82) is 0 Å². The minimum atomic E-state index is -0.286. The molecule has 0 bridgehead atoms. The van der Waals surface area contributed by atoms with E-state index < -0.39 is 0 Å². The van der Waals surface area contributed by atoms with Crippen molar-refractivity contribution in [3.63, 3.8) is 0 Å². The monoisotopic (exact) mass is 485 g/mol. The van der Waals surface area contributed by atoms with Crippen LogP contribution in [-0.4, -0.2) is 54.9 Å². The average Bonchev–Trinajstić information content (AvgIpc) is 3.47. The van der Waals surface area contributed by atoms with Crippen molar-refractivity contribution in [2.24, 2.45) is 4.99 Å². The first-order chi connectivity index (χ1) is 16.0. The van der Waals surface area contributed by atoms with Gasteiger partial charge in [0.15, 0.2) is 5.17 Å². The molecule has 9 heteroatoms. The normalized spacial score (nSPS) is 17.0. The van der Waals surface area contributed by atoms with Crippen LogP contribution in [0.1, 0.15) is 18.4 Å². The number of amidine groups is 1. The van der Waals surface area contributed by atoms with Gasteiger partial charge in [-0.15, -0.1) is 0 Å². The molecular formula is C24H24ClN3O4S. The van der Waals surface area contributed by atoms with Gasteiger partial charge < -0.3 is 14.4 Å². The van der Waals surface area contributed by atoms with Gasteiger partial charge in [0, 0.05) is 19.2 Å². The number of thioether (sulfide) groups is 1. The molecule has 0 aliphatic carbocycles. The molecule has 0 spiro atoms. The third-order valence-electron chi connectivity index (χ3n) is 5.43. The van der Waals surface area contributed by atoms with Crippen LogP contribution < -0.4 is 14.4 Å². The van der Waals surface area contributed by atoms with Crippen LogP contribution in [-0.2, 0) is 9.59 Å². The number of nitrogens with zero attached hydrogens (tertiary/aromatic N) is 3. The van der Waals surface area contributed by atoms with Crippen molar-refractivity contribution in [3.8, 4) is 11.5 Å². The maximum absolute atomic E-state index is 13.4. The summed E-state index contributed by atoms with van der Waals surface area (Å²) in [7, 11) is 3.12. The predicted octanol–water partition coefficient (Wildman–Crippen LogP) is 4.46. The van der Waals surface area contributed by atoms with E-state index in [9.17, 15) is 9.59 Å². The quantitative estimate of drug-likeness (QED) is 0.565. The summed E-state index contributed by atoms with van der Waals surface area (Å²) in [6, 6.07) is 12.4. The van der Waals surface area contributed by atoms with Gasteiger partial charge in [-0.1, -0.05) is 35.5 Å². The number of likely N-dealkylation sites (tertiary alicyclic amines) is 1. The Balaban J connectivity index is 1.63. The minimum Gasteiger partial charge on any atom is -0.497 e. The number of ether oxygens (including phenoxy) is 2. The SMILES string of the molecule is COc1ccc(/C=C2\N=C(SCC(=O)N3CCCC3)N(c3ccc(Cl)c(OC)c3)C2=O)cc1. The zero-order valence-electron chi connectivity index (χ0n) is 18.4. The van der Waals surface area contributed by atoms with Crippen LogP contribution in [0.3, 0.4) is 0 Å². The minimum absolute atomic E-state index is 0.0499. The van der Waals surface area contributed by atoms with Crippen LogP contribution >= 0.6 is 23.4 Å². The summed E-state index contributed by atoms with van der Waals surface area (Å²) in [6.07, 6.45) is 3.78. The first kappa shape index (κ1) is 23.2. The van der Waals surface area contributed by atoms with E-state index in [2.05, 4.69) is 4.99 Å². The van der Waals surface area contributed by atoms with Gasteiger partial charge >= 0.3 is 0 Å². The number of anilines is 1. The van der Waals surface area contributed by atoms with Gasteiger partial charge in [-0.3, -0.25) is 14.5 Å². The Morgan fingerprint density at radius 2 is 1.85 bits per heavy atom. The number of hydrogen-bond acceptors (Lipinski definition) is 6. The molecule has 2 amide bonds. The molecule has 2 aromatic rings. The zero-order valence-corrected chi connectivity index (χ0v) is 20.0. The molecule has 2 aromatic carbocycles. The average molecular weight is 486 g/mol. The number of rotatable bonds is 6. The summed E-state index contributed by atoms with van der Waals surface area (Å²) in [5.41, 5.74) is 1.67. The molecule has 0 N–H and O–H groups in total. The van der Waals surface area contributed by atoms with Crippen LogP contribution in [0.25, 0.3) is 6.08 Å². The van der Waals surface area contributed by atoms with E-state index in [-0.39, 0.29) is 23.3 Å². The molecule has 7 nitrogen and oxygen atoms in total. The lowest BCUT2D eigenvalue weighted by Gasteiger charge is -2.20. The summed E-state index contributed by atoms with van der Waals surface area (Å²) in [4.78, 5) is 33.9. The van der Waals surface area contributed by atoms with Gasteiger partial charge in [0.1, 0.15) is 17.2 Å². The lowest BCUT2D eigenvalue weighted by Crippen LogP contribution is -2.33. The molecule has 1 saturated heterocycles. The molecule has 2 aliphatic rings. The number of benzene rings is 2. The number of carbonyl (C=O) groups excluding carboxylic acids is 2. The number of amides is 2. The summed E-state index contributed by atoms with van der Waals surface area (Å²) in [6.45, 7) is 1.57. The Morgan fingerprint density at radius 1 is 1.12 bits per heavy atom. The smallest absolute Gasteiger partial charge is 0.283 e. The number of aliphatic imine (C=N–C) groups is 1. The molecule has 4 rings (SSSR count). The van der Waals surface area contributed by atoms with Gasteiger partial charge in [-0.05, 0) is 48.7 Å². The van der Waals surface area contributed by atoms with E-state index in [0.717, 1.165) is 37.2 Å². The molecule has 0 unspecified atom stereocenters. The Kier molecular flexibility index (Phi) is 7.25. The van der Waals surface area contributed by atoms with Gasteiger partial charge in [-0.2, -0.15) is 0 Å². The summed E-state index contributed by atoms with van der Waals surface area (Å²) in [5, 5.41) is 0.883. The van der Waals surface area contributed by atoms with E-state index in [0.29, 0.717) is 21.6 Å². The van der Waals surface area contributed by atoms with E-state index >= 15 is 0 Å². The van der Waals surface area contributed by atoms with Crippen molar-refractivity contribution >= 4 is 52.1 Å². The molecule has 1 fully saturated rings. The highest BCUT2D eigenvalue weighted by Crippen LogP contribution is 2.34. The molecule has 0 radical (unpaired) electrons. The van der Waals surface area contributed by atoms with Gasteiger partial charge in [0.2, 0.25) is 5.91 Å². The lowest BCUT2D eigenvalue weighted by molar-refractivity contribution is -0.127. The molecule has 172 valence electrons. The highest BCUT2D eigenvalue weighted by molar-refractivity contribution is 8.14. The van der Waals surface area contributed by atoms with Crippen molar-refractivity contribution in [2.45, 2.75) is 12.8 Å². The Bertz CT molecular complexity index is 1110. The highest BCUT2D eigenvalue weighted by atomic mass is 35.5. The molecule has 0 atom stereocenters. The second-order valence-corrected chi connectivity index (χ2v) is 8.88. The molecule has 0 saturated carbocycles. The molecule has 0 aromatic heterocycles. The fourth-order valence-corrected chi connectivity index (χ4v) is 4.76. The van der Waals surface area contributed by atoms with E-state index in [1.807, 2.05) is 29.2 Å². The van der Waals surface area contributed by atoms with E-state index in [1.165, 1.54) is 23.8 Å². The molecular weight excluding hydrogens is 462 g/mol. The molecule has 33 heavy (non-hydrogen) atoms. The van der Waals surface area contributed by atoms with E-state index in [1.54, 1.807) is 31.4 Å². The van der Waals surface area contributed by atoms with Crippen LogP contribution in [0, 0.1) is 0 Å². The van der Waals surface area contributed by atoms with Crippen molar-refractivity contribution in [2.75, 3.05) is 38.0 Å². The molecule has 2 aliphatic heterocycles. The van der Waals surface area contributed by atoms with Gasteiger partial charge in [0.25, 0.3) is 5.91 Å². The Hall–Kier alpha value is -2.97. The largest absolute Gasteiger partial charge is 0.497 e. The van der Waals surface area contributed by atoms with E-state index in [4.69, 9.17) is 21.1 Å². The zero-order chi connectivity index (χ0) is 23.4. The maximum atomic E-state index is 13.4. The fraction of sp³-hybridized carbons (Fsp3) is 0.292. The third kappa shape index (κ3) is 5.17.